The molecule has 3 N–H and O–H groups in total. The quantitative estimate of drug-likeness (QED) is 0.672. The first-order valence-corrected chi connectivity index (χ1v) is 8.59. The third-order valence-electron chi connectivity index (χ3n) is 4.12. The number of carbonyl (C=O) groups is 3. The first-order valence-electron chi connectivity index (χ1n) is 8.59. The Labute approximate surface area is 149 Å². The molecule has 138 valence electrons. The average Bonchev–Trinajstić information content (AvgIpc) is 2.52. The molecule has 25 heavy (non-hydrogen) atoms. The van der Waals surface area contributed by atoms with Gasteiger partial charge in [-0.3, -0.25) is 9.59 Å². The second-order valence-corrected chi connectivity index (χ2v) is 6.85. The summed E-state index contributed by atoms with van der Waals surface area (Å²) in [4.78, 5) is 35.6. The number of hydrogen-bond donors (Lipinski definition) is 3. The van der Waals surface area contributed by atoms with E-state index in [4.69, 9.17) is 0 Å². The molecule has 1 aromatic carbocycles. The van der Waals surface area contributed by atoms with Gasteiger partial charge in [-0.05, 0) is 42.5 Å². The van der Waals surface area contributed by atoms with Gasteiger partial charge in [-0.25, -0.2) is 4.79 Å². The van der Waals surface area contributed by atoms with Crippen molar-refractivity contribution in [2.24, 2.45) is 11.8 Å². The Kier molecular flexibility index (Phi) is 7.61. The van der Waals surface area contributed by atoms with Crippen molar-refractivity contribution in [3.8, 4) is 0 Å². The average molecular weight is 348 g/mol. The number of amides is 2. The highest BCUT2D eigenvalue weighted by Gasteiger charge is 2.25. The fraction of sp³-hybridized carbons (Fsp3) is 0.526. The van der Waals surface area contributed by atoms with Gasteiger partial charge in [0.05, 0.1) is 0 Å². The molecule has 2 unspecified atom stereocenters. The minimum atomic E-state index is -1.04. The summed E-state index contributed by atoms with van der Waals surface area (Å²) < 4.78 is 0. The van der Waals surface area contributed by atoms with Gasteiger partial charge in [-0.1, -0.05) is 34.1 Å². The number of rotatable bonds is 8. The summed E-state index contributed by atoms with van der Waals surface area (Å²) in [6.45, 7) is 9.40. The van der Waals surface area contributed by atoms with Crippen LogP contribution in [0.3, 0.4) is 0 Å². The summed E-state index contributed by atoms with van der Waals surface area (Å²) in [5.74, 6) is -1.46. The number of hydrogen-bond acceptors (Lipinski definition) is 3. The summed E-state index contributed by atoms with van der Waals surface area (Å²) in [7, 11) is 0. The Bertz CT molecular complexity index is 640. The largest absolute Gasteiger partial charge is 0.480 e. The SMILES string of the molecule is CCC(C)C(NC(=O)c1ccc(NC(=O)CC(C)C)c(C)c1)C(=O)O. The number of aryl methyl sites for hydroxylation is 1. The number of nitrogens with one attached hydrogen (secondary N) is 2. The highest BCUT2D eigenvalue weighted by molar-refractivity contribution is 5.98. The van der Waals surface area contributed by atoms with Crippen LogP contribution in [0.2, 0.25) is 0 Å². The van der Waals surface area contributed by atoms with E-state index >= 15 is 0 Å². The molecular formula is C19H28N2O4. The molecule has 0 bridgehead atoms. The maximum absolute atomic E-state index is 12.3. The summed E-state index contributed by atoms with van der Waals surface area (Å²) in [5.41, 5.74) is 1.77. The first kappa shape index (κ1) is 20.7. The van der Waals surface area contributed by atoms with E-state index in [0.29, 0.717) is 24.1 Å². The van der Waals surface area contributed by atoms with E-state index in [1.54, 1.807) is 32.0 Å². The lowest BCUT2D eigenvalue weighted by molar-refractivity contribution is -0.140. The predicted octanol–water partition coefficient (Wildman–Crippen LogP) is 3.21. The van der Waals surface area contributed by atoms with Crippen LogP contribution in [0.15, 0.2) is 18.2 Å². The minimum Gasteiger partial charge on any atom is -0.480 e. The van der Waals surface area contributed by atoms with Crippen molar-refractivity contribution in [3.63, 3.8) is 0 Å². The number of carboxylic acid groups (broad SMARTS) is 1. The van der Waals surface area contributed by atoms with E-state index in [0.717, 1.165) is 5.56 Å². The Morgan fingerprint density at radius 1 is 1.16 bits per heavy atom. The normalized spacial score (nSPS) is 13.2. The summed E-state index contributed by atoms with van der Waals surface area (Å²) >= 11 is 0. The molecule has 2 amide bonds. The maximum Gasteiger partial charge on any atom is 0.326 e. The van der Waals surface area contributed by atoms with Gasteiger partial charge in [-0.2, -0.15) is 0 Å². The van der Waals surface area contributed by atoms with Crippen LogP contribution in [0, 0.1) is 18.8 Å². The first-order chi connectivity index (χ1) is 11.6. The van der Waals surface area contributed by atoms with E-state index in [1.165, 1.54) is 0 Å². The lowest BCUT2D eigenvalue weighted by Gasteiger charge is -2.20. The zero-order chi connectivity index (χ0) is 19.1. The van der Waals surface area contributed by atoms with Crippen molar-refractivity contribution in [1.29, 1.82) is 0 Å². The van der Waals surface area contributed by atoms with E-state index in [2.05, 4.69) is 10.6 Å². The highest BCUT2D eigenvalue weighted by atomic mass is 16.4. The van der Waals surface area contributed by atoms with Gasteiger partial charge in [0.2, 0.25) is 5.91 Å². The molecule has 0 aliphatic rings. The number of benzene rings is 1. The van der Waals surface area contributed by atoms with Gasteiger partial charge in [0.15, 0.2) is 0 Å². The Balaban J connectivity index is 2.86. The Morgan fingerprint density at radius 2 is 1.80 bits per heavy atom. The monoisotopic (exact) mass is 348 g/mol. The number of aliphatic carboxylic acids is 1. The van der Waals surface area contributed by atoms with Gasteiger partial charge >= 0.3 is 5.97 Å². The van der Waals surface area contributed by atoms with Crippen molar-refractivity contribution in [2.75, 3.05) is 5.32 Å². The van der Waals surface area contributed by atoms with Crippen LogP contribution in [0.5, 0.6) is 0 Å². The molecule has 1 aromatic rings. The molecule has 0 aliphatic carbocycles. The van der Waals surface area contributed by atoms with Gasteiger partial charge in [0, 0.05) is 17.7 Å². The van der Waals surface area contributed by atoms with Crippen LogP contribution in [-0.2, 0) is 9.59 Å². The molecular weight excluding hydrogens is 320 g/mol. The fourth-order valence-corrected chi connectivity index (χ4v) is 2.42. The van der Waals surface area contributed by atoms with Gasteiger partial charge in [0.25, 0.3) is 5.91 Å². The molecule has 0 saturated heterocycles. The van der Waals surface area contributed by atoms with Crippen LogP contribution in [0.1, 0.15) is 56.5 Å². The van der Waals surface area contributed by atoms with Crippen LogP contribution in [0.4, 0.5) is 5.69 Å². The second-order valence-electron chi connectivity index (χ2n) is 6.85. The molecule has 6 heteroatoms. The fourth-order valence-electron chi connectivity index (χ4n) is 2.42. The molecule has 0 aromatic heterocycles. The van der Waals surface area contributed by atoms with Crippen LogP contribution in [0.25, 0.3) is 0 Å². The molecule has 0 aliphatic heterocycles. The topological polar surface area (TPSA) is 95.5 Å². The lowest BCUT2D eigenvalue weighted by atomic mass is 9.98. The lowest BCUT2D eigenvalue weighted by Crippen LogP contribution is -2.45. The van der Waals surface area contributed by atoms with Gasteiger partial charge < -0.3 is 15.7 Å². The zero-order valence-electron chi connectivity index (χ0n) is 15.6. The predicted molar refractivity (Wildman–Crippen MR) is 97.6 cm³/mol. The summed E-state index contributed by atoms with van der Waals surface area (Å²) in [6, 6.07) is 3.98. The Hall–Kier alpha value is -2.37. The van der Waals surface area contributed by atoms with Gasteiger partial charge in [-0.15, -0.1) is 0 Å². The molecule has 0 radical (unpaired) electrons. The number of anilines is 1. The molecule has 0 spiro atoms. The summed E-state index contributed by atoms with van der Waals surface area (Å²) in [6.07, 6.45) is 1.08. The third kappa shape index (κ3) is 6.21. The zero-order valence-corrected chi connectivity index (χ0v) is 15.6. The molecule has 2 atom stereocenters. The van der Waals surface area contributed by atoms with Crippen LogP contribution >= 0.6 is 0 Å². The highest BCUT2D eigenvalue weighted by Crippen LogP contribution is 2.18. The van der Waals surface area contributed by atoms with Crippen LogP contribution < -0.4 is 10.6 Å². The molecule has 1 rings (SSSR count). The second kappa shape index (κ2) is 9.20. The molecule has 0 saturated carbocycles. The Morgan fingerprint density at radius 3 is 2.28 bits per heavy atom. The van der Waals surface area contributed by atoms with Crippen molar-refractivity contribution in [1.82, 2.24) is 5.32 Å². The number of carboxylic acids is 1. The van der Waals surface area contributed by atoms with Gasteiger partial charge in [0.1, 0.15) is 6.04 Å². The summed E-state index contributed by atoms with van der Waals surface area (Å²) in [5, 5.41) is 14.7. The number of carbonyl (C=O) groups excluding carboxylic acids is 2. The van der Waals surface area contributed by atoms with Crippen molar-refractivity contribution in [3.05, 3.63) is 29.3 Å². The van der Waals surface area contributed by atoms with E-state index in [1.807, 2.05) is 20.8 Å². The minimum absolute atomic E-state index is 0.0713. The molecule has 0 heterocycles. The van der Waals surface area contributed by atoms with Crippen molar-refractivity contribution >= 4 is 23.5 Å². The third-order valence-corrected chi connectivity index (χ3v) is 4.12. The van der Waals surface area contributed by atoms with E-state index in [-0.39, 0.29) is 17.7 Å². The smallest absolute Gasteiger partial charge is 0.326 e. The van der Waals surface area contributed by atoms with Crippen molar-refractivity contribution < 1.29 is 19.5 Å². The van der Waals surface area contributed by atoms with Crippen molar-refractivity contribution in [2.45, 2.75) is 53.5 Å². The standard InChI is InChI=1S/C19H28N2O4/c1-6-12(4)17(19(24)25)21-18(23)14-7-8-15(13(5)10-14)20-16(22)9-11(2)3/h7-8,10-12,17H,6,9H2,1-5H3,(H,20,22)(H,21,23)(H,24,25). The maximum atomic E-state index is 12.3. The van der Waals surface area contributed by atoms with Crippen LogP contribution in [-0.4, -0.2) is 28.9 Å². The van der Waals surface area contributed by atoms with E-state index in [9.17, 15) is 19.5 Å². The van der Waals surface area contributed by atoms with E-state index < -0.39 is 17.9 Å². The molecule has 0 fully saturated rings. The molecule has 6 nitrogen and oxygen atoms in total.